The lowest BCUT2D eigenvalue weighted by molar-refractivity contribution is -0.0830. The number of amides is 2. The van der Waals surface area contributed by atoms with Crippen LogP contribution in [0.2, 0.25) is 0 Å². The van der Waals surface area contributed by atoms with Gasteiger partial charge in [-0.15, -0.1) is 11.6 Å². The van der Waals surface area contributed by atoms with Crippen LogP contribution in [-0.4, -0.2) is 90.1 Å². The topological polar surface area (TPSA) is 111 Å². The summed E-state index contributed by atoms with van der Waals surface area (Å²) in [6.07, 6.45) is -4.53. The van der Waals surface area contributed by atoms with Gasteiger partial charge in [0.25, 0.3) is 0 Å². The third-order valence-corrected chi connectivity index (χ3v) is 3.18. The number of nitrogens with one attached hydrogen (secondary N) is 1. The fraction of sp³-hybridized carbons (Fsp3) is 0.909. The molecule has 0 bridgehead atoms. The van der Waals surface area contributed by atoms with Crippen LogP contribution in [0.4, 0.5) is 4.79 Å². The Balaban J connectivity index is 2.74. The van der Waals surface area contributed by atoms with E-state index in [1.807, 2.05) is 0 Å². The summed E-state index contributed by atoms with van der Waals surface area (Å²) in [4.78, 5) is 13.2. The van der Waals surface area contributed by atoms with Crippen LogP contribution >= 0.6 is 11.6 Å². The number of carbonyl (C=O) groups excluding carboxylic acids is 1. The fourth-order valence-electron chi connectivity index (χ4n) is 1.93. The average Bonchev–Trinajstić information content (AvgIpc) is 2.73. The first kappa shape index (κ1) is 17.4. The van der Waals surface area contributed by atoms with Crippen LogP contribution in [0.5, 0.6) is 0 Å². The molecule has 1 aliphatic heterocycles. The molecule has 1 rings (SSSR count). The summed E-state index contributed by atoms with van der Waals surface area (Å²) in [5.74, 6) is 0.250. The predicted molar refractivity (Wildman–Crippen MR) is 70.5 cm³/mol. The smallest absolute Gasteiger partial charge is 0.319 e. The van der Waals surface area contributed by atoms with E-state index in [0.29, 0.717) is 0 Å². The van der Waals surface area contributed by atoms with E-state index < -0.39 is 37.2 Å². The lowest BCUT2D eigenvalue weighted by Crippen LogP contribution is -2.52. The summed E-state index contributed by atoms with van der Waals surface area (Å²) in [5, 5.41) is 31.2. The Morgan fingerprint density at radius 2 is 2.15 bits per heavy atom. The number of nitrogens with zero attached hydrogens (tertiary/aromatic N) is 1. The number of halogens is 1. The molecule has 0 aromatic rings. The molecular weight excluding hydrogens is 292 g/mol. The van der Waals surface area contributed by atoms with Crippen molar-refractivity contribution < 1.29 is 29.6 Å². The molecule has 4 atom stereocenters. The Morgan fingerprint density at radius 3 is 2.65 bits per heavy atom. The minimum absolute atomic E-state index is 0.164. The predicted octanol–water partition coefficient (Wildman–Crippen LogP) is -1.68. The molecule has 1 heterocycles. The summed E-state index contributed by atoms with van der Waals surface area (Å²) in [5.41, 5.74) is 0. The number of aliphatic hydroxyl groups excluding tert-OH is 3. The highest BCUT2D eigenvalue weighted by Gasteiger charge is 2.46. The number of aliphatic hydroxyl groups is 3. The molecule has 0 aromatic carbocycles. The first-order valence-corrected chi connectivity index (χ1v) is 6.82. The van der Waals surface area contributed by atoms with Crippen molar-refractivity contribution in [1.82, 2.24) is 10.2 Å². The minimum Gasteiger partial charge on any atom is -0.394 e. The lowest BCUT2D eigenvalue weighted by atomic mass is 10.1. The van der Waals surface area contributed by atoms with Gasteiger partial charge in [0.1, 0.15) is 18.3 Å². The summed E-state index contributed by atoms with van der Waals surface area (Å²) >= 11 is 5.50. The molecule has 1 unspecified atom stereocenters. The lowest BCUT2D eigenvalue weighted by Gasteiger charge is -2.30. The van der Waals surface area contributed by atoms with Gasteiger partial charge in [0.05, 0.1) is 13.2 Å². The van der Waals surface area contributed by atoms with Crippen molar-refractivity contribution in [2.75, 3.05) is 39.3 Å². The van der Waals surface area contributed by atoms with E-state index in [4.69, 9.17) is 26.2 Å². The number of ether oxygens (including phenoxy) is 2. The van der Waals surface area contributed by atoms with Crippen LogP contribution in [0.25, 0.3) is 0 Å². The van der Waals surface area contributed by atoms with Crippen LogP contribution in [0, 0.1) is 0 Å². The SMILES string of the molecule is COCCN(C(=O)NCCCl)C1O[C@H](CO)[C@@H](O)[C@H]1O. The molecule has 8 nitrogen and oxygen atoms in total. The van der Waals surface area contributed by atoms with Crippen molar-refractivity contribution in [3.05, 3.63) is 0 Å². The minimum atomic E-state index is -1.30. The molecule has 0 aliphatic carbocycles. The number of hydrogen-bond acceptors (Lipinski definition) is 6. The van der Waals surface area contributed by atoms with Crippen molar-refractivity contribution in [3.8, 4) is 0 Å². The third-order valence-electron chi connectivity index (χ3n) is 2.99. The quantitative estimate of drug-likeness (QED) is 0.418. The number of urea groups is 1. The molecule has 0 aromatic heterocycles. The first-order chi connectivity index (χ1) is 9.56. The first-order valence-electron chi connectivity index (χ1n) is 6.28. The molecule has 9 heteroatoms. The second-order valence-electron chi connectivity index (χ2n) is 4.34. The zero-order valence-corrected chi connectivity index (χ0v) is 12.0. The highest BCUT2D eigenvalue weighted by Crippen LogP contribution is 2.24. The zero-order valence-electron chi connectivity index (χ0n) is 11.2. The van der Waals surface area contributed by atoms with Gasteiger partial charge in [0.15, 0.2) is 6.23 Å². The molecular formula is C11H21ClN2O6. The Kier molecular flexibility index (Phi) is 7.49. The fourth-order valence-corrected chi connectivity index (χ4v) is 2.02. The van der Waals surface area contributed by atoms with Gasteiger partial charge in [-0.1, -0.05) is 0 Å². The summed E-state index contributed by atoms with van der Waals surface area (Å²) in [6, 6.07) is -0.488. The van der Waals surface area contributed by atoms with Gasteiger partial charge >= 0.3 is 6.03 Å². The van der Waals surface area contributed by atoms with Crippen LogP contribution in [-0.2, 0) is 9.47 Å². The number of alkyl halides is 1. The van der Waals surface area contributed by atoms with E-state index >= 15 is 0 Å². The molecule has 1 aliphatic rings. The molecule has 118 valence electrons. The highest BCUT2D eigenvalue weighted by molar-refractivity contribution is 6.18. The standard InChI is InChI=1S/C11H21ClN2O6/c1-19-5-4-14(11(18)13-3-2-12)10-9(17)8(16)7(6-15)20-10/h7-10,15-17H,2-6H2,1H3,(H,13,18)/t7-,8-,9-,10?/m1/s1. The second kappa shape index (κ2) is 8.60. The van der Waals surface area contributed by atoms with Gasteiger partial charge in [-0.25, -0.2) is 4.79 Å². The van der Waals surface area contributed by atoms with Gasteiger partial charge in [-0.2, -0.15) is 0 Å². The molecule has 20 heavy (non-hydrogen) atoms. The Morgan fingerprint density at radius 1 is 1.45 bits per heavy atom. The molecule has 0 spiro atoms. The van der Waals surface area contributed by atoms with E-state index in [1.54, 1.807) is 0 Å². The average molecular weight is 313 g/mol. The van der Waals surface area contributed by atoms with E-state index in [9.17, 15) is 15.0 Å². The molecule has 1 saturated heterocycles. The van der Waals surface area contributed by atoms with Gasteiger partial charge < -0.3 is 30.1 Å². The third kappa shape index (κ3) is 4.18. The Bertz CT molecular complexity index is 309. The molecule has 0 saturated carbocycles. The normalized spacial score (nSPS) is 29.4. The summed E-state index contributed by atoms with van der Waals surface area (Å²) < 4.78 is 10.2. The van der Waals surface area contributed by atoms with Gasteiger partial charge in [0.2, 0.25) is 0 Å². The van der Waals surface area contributed by atoms with Crippen molar-refractivity contribution in [1.29, 1.82) is 0 Å². The molecule has 1 fully saturated rings. The summed E-state index contributed by atoms with van der Waals surface area (Å²) in [6.45, 7) is 0.215. The van der Waals surface area contributed by atoms with Crippen molar-refractivity contribution >= 4 is 17.6 Å². The van der Waals surface area contributed by atoms with Crippen LogP contribution in [0.1, 0.15) is 0 Å². The highest BCUT2D eigenvalue weighted by atomic mass is 35.5. The second-order valence-corrected chi connectivity index (χ2v) is 4.71. The monoisotopic (exact) mass is 312 g/mol. The maximum Gasteiger partial charge on any atom is 0.319 e. The van der Waals surface area contributed by atoms with Gasteiger partial charge in [-0.3, -0.25) is 4.90 Å². The number of carbonyl (C=O) groups is 1. The van der Waals surface area contributed by atoms with E-state index in [2.05, 4.69) is 5.32 Å². The molecule has 4 N–H and O–H groups in total. The maximum atomic E-state index is 12.0. The largest absolute Gasteiger partial charge is 0.394 e. The zero-order chi connectivity index (χ0) is 15.1. The van der Waals surface area contributed by atoms with Crippen molar-refractivity contribution in [2.24, 2.45) is 0 Å². The maximum absolute atomic E-state index is 12.0. The van der Waals surface area contributed by atoms with E-state index in [0.717, 1.165) is 0 Å². The number of hydrogen-bond donors (Lipinski definition) is 4. The van der Waals surface area contributed by atoms with E-state index in [-0.39, 0.29) is 25.6 Å². The van der Waals surface area contributed by atoms with Crippen molar-refractivity contribution in [3.63, 3.8) is 0 Å². The van der Waals surface area contributed by atoms with E-state index in [1.165, 1.54) is 12.0 Å². The Labute approximate surface area is 122 Å². The van der Waals surface area contributed by atoms with Gasteiger partial charge in [-0.05, 0) is 0 Å². The van der Waals surface area contributed by atoms with Gasteiger partial charge in [0, 0.05) is 26.1 Å². The van der Waals surface area contributed by atoms with Crippen LogP contribution in [0.15, 0.2) is 0 Å². The molecule has 2 amide bonds. The van der Waals surface area contributed by atoms with Crippen LogP contribution < -0.4 is 5.32 Å². The number of rotatable bonds is 7. The number of methoxy groups -OCH3 is 1. The summed E-state index contributed by atoms with van der Waals surface area (Å²) in [7, 11) is 1.48. The van der Waals surface area contributed by atoms with Crippen LogP contribution in [0.3, 0.4) is 0 Å². The van der Waals surface area contributed by atoms with Crippen molar-refractivity contribution in [2.45, 2.75) is 24.5 Å². The molecule has 0 radical (unpaired) electrons. The Hall–Kier alpha value is -0.640.